The third-order valence-electron chi connectivity index (χ3n) is 3.68. The van der Waals surface area contributed by atoms with Gasteiger partial charge in [0.25, 0.3) is 0 Å². The molecule has 2 rings (SSSR count). The van der Waals surface area contributed by atoms with E-state index in [1.807, 2.05) is 38.9 Å². The molecule has 0 unspecified atom stereocenters. The van der Waals surface area contributed by atoms with Gasteiger partial charge in [0.2, 0.25) is 5.91 Å². The lowest BCUT2D eigenvalue weighted by Crippen LogP contribution is -2.44. The Morgan fingerprint density at radius 1 is 1.50 bits per heavy atom. The number of likely N-dealkylation sites (N-methyl/N-ethyl adjacent to an activating group) is 1. The van der Waals surface area contributed by atoms with Gasteiger partial charge in [-0.3, -0.25) is 9.48 Å². The highest BCUT2D eigenvalue weighted by Crippen LogP contribution is 2.22. The highest BCUT2D eigenvalue weighted by atomic mass is 16.3. The van der Waals surface area contributed by atoms with Crippen molar-refractivity contribution >= 4 is 5.91 Å². The second-order valence-corrected chi connectivity index (χ2v) is 6.11. The van der Waals surface area contributed by atoms with E-state index in [1.54, 1.807) is 9.58 Å². The molecular weight excluding hydrogens is 256 g/mol. The molecule has 2 heterocycles. The Morgan fingerprint density at radius 3 is 2.75 bits per heavy atom. The summed E-state index contributed by atoms with van der Waals surface area (Å²) in [5.74, 6) is 0.0193. The van der Waals surface area contributed by atoms with Crippen LogP contribution in [0.1, 0.15) is 17.8 Å². The molecule has 0 aliphatic carbocycles. The largest absolute Gasteiger partial charge is 0.387 e. The van der Waals surface area contributed by atoms with Crippen LogP contribution in [0.3, 0.4) is 0 Å². The van der Waals surface area contributed by atoms with Crippen LogP contribution in [-0.2, 0) is 11.3 Å². The van der Waals surface area contributed by atoms with Gasteiger partial charge < -0.3 is 14.9 Å². The van der Waals surface area contributed by atoms with Crippen molar-refractivity contribution in [2.24, 2.45) is 0 Å². The first-order valence-corrected chi connectivity index (χ1v) is 6.95. The second kappa shape index (κ2) is 5.54. The molecule has 0 spiro atoms. The fraction of sp³-hybridized carbons (Fsp3) is 0.714. The lowest BCUT2D eigenvalue weighted by molar-refractivity contribution is -0.132. The van der Waals surface area contributed by atoms with Crippen molar-refractivity contribution in [2.75, 3.05) is 33.7 Å². The summed E-state index contributed by atoms with van der Waals surface area (Å²) < 4.78 is 1.72. The average molecular weight is 280 g/mol. The first-order chi connectivity index (χ1) is 9.29. The Labute approximate surface area is 120 Å². The summed E-state index contributed by atoms with van der Waals surface area (Å²) in [6.07, 6.45) is 0.633. The number of aliphatic hydroxyl groups is 1. The van der Waals surface area contributed by atoms with Crippen molar-refractivity contribution in [3.63, 3.8) is 0 Å². The van der Waals surface area contributed by atoms with Crippen LogP contribution in [0.15, 0.2) is 6.07 Å². The van der Waals surface area contributed by atoms with E-state index >= 15 is 0 Å². The third-order valence-corrected chi connectivity index (χ3v) is 3.68. The maximum absolute atomic E-state index is 12.3. The number of nitrogens with zero attached hydrogens (tertiary/aromatic N) is 4. The number of likely N-dealkylation sites (tertiary alicyclic amines) is 1. The highest BCUT2D eigenvalue weighted by Gasteiger charge is 2.38. The number of hydrogen-bond acceptors (Lipinski definition) is 4. The molecule has 1 amide bonds. The number of amides is 1. The van der Waals surface area contributed by atoms with Crippen molar-refractivity contribution in [1.29, 1.82) is 0 Å². The van der Waals surface area contributed by atoms with E-state index in [2.05, 4.69) is 5.10 Å². The molecule has 1 aliphatic rings. The molecule has 1 atom stereocenters. The summed E-state index contributed by atoms with van der Waals surface area (Å²) in [6, 6.07) is 1.96. The molecule has 1 aliphatic heterocycles. The molecule has 1 fully saturated rings. The smallest absolute Gasteiger partial charge is 0.244 e. The molecular formula is C14H24N4O2. The minimum atomic E-state index is -0.783. The summed E-state index contributed by atoms with van der Waals surface area (Å²) in [5.41, 5.74) is 1.12. The summed E-state index contributed by atoms with van der Waals surface area (Å²) in [4.78, 5) is 16.0. The van der Waals surface area contributed by atoms with Crippen molar-refractivity contribution in [3.05, 3.63) is 17.5 Å². The van der Waals surface area contributed by atoms with Crippen LogP contribution in [0.2, 0.25) is 0 Å². The van der Waals surface area contributed by atoms with Crippen LogP contribution < -0.4 is 0 Å². The second-order valence-electron chi connectivity index (χ2n) is 6.11. The van der Waals surface area contributed by atoms with Crippen LogP contribution in [0.25, 0.3) is 0 Å². The number of aryl methyl sites for hydroxylation is 2. The van der Waals surface area contributed by atoms with Gasteiger partial charge in [0.15, 0.2) is 0 Å². The molecule has 0 saturated carbocycles. The first kappa shape index (κ1) is 15.0. The Balaban J connectivity index is 1.96. The Bertz CT molecular complexity index is 497. The van der Waals surface area contributed by atoms with Gasteiger partial charge in [0.1, 0.15) is 6.54 Å². The first-order valence-electron chi connectivity index (χ1n) is 6.95. The van der Waals surface area contributed by atoms with Gasteiger partial charge in [-0.2, -0.15) is 5.10 Å². The standard InChI is InChI=1S/C14H24N4O2/c1-11-7-12(2)18(15-11)8-13(19)17-6-5-14(20,10-17)9-16(3)4/h7,20H,5-6,8-10H2,1-4H3/t14-/m1/s1. The van der Waals surface area contributed by atoms with E-state index in [-0.39, 0.29) is 12.5 Å². The van der Waals surface area contributed by atoms with Gasteiger partial charge in [0, 0.05) is 18.8 Å². The zero-order chi connectivity index (χ0) is 14.9. The Kier molecular flexibility index (Phi) is 4.15. The predicted molar refractivity (Wildman–Crippen MR) is 76.4 cm³/mol. The molecule has 1 aromatic heterocycles. The molecule has 1 N–H and O–H groups in total. The van der Waals surface area contributed by atoms with Gasteiger partial charge >= 0.3 is 0 Å². The van der Waals surface area contributed by atoms with Crippen molar-refractivity contribution in [3.8, 4) is 0 Å². The molecule has 6 heteroatoms. The maximum Gasteiger partial charge on any atom is 0.244 e. The maximum atomic E-state index is 12.3. The van der Waals surface area contributed by atoms with Crippen molar-refractivity contribution < 1.29 is 9.90 Å². The summed E-state index contributed by atoms with van der Waals surface area (Å²) in [5, 5.41) is 14.8. The topological polar surface area (TPSA) is 61.6 Å². The van der Waals surface area contributed by atoms with Crippen LogP contribution in [-0.4, -0.2) is 69.9 Å². The summed E-state index contributed by atoms with van der Waals surface area (Å²) in [7, 11) is 3.86. The van der Waals surface area contributed by atoms with Gasteiger partial charge in [-0.25, -0.2) is 0 Å². The Morgan fingerprint density at radius 2 is 2.20 bits per heavy atom. The van der Waals surface area contributed by atoms with E-state index in [1.165, 1.54) is 0 Å². The van der Waals surface area contributed by atoms with Crippen LogP contribution >= 0.6 is 0 Å². The lowest BCUT2D eigenvalue weighted by Gasteiger charge is -2.26. The van der Waals surface area contributed by atoms with Crippen LogP contribution in [0.4, 0.5) is 0 Å². The molecule has 112 valence electrons. The minimum Gasteiger partial charge on any atom is -0.387 e. The van der Waals surface area contributed by atoms with Crippen molar-refractivity contribution in [1.82, 2.24) is 19.6 Å². The molecule has 1 saturated heterocycles. The zero-order valence-corrected chi connectivity index (χ0v) is 12.8. The number of rotatable bonds is 4. The Hall–Kier alpha value is -1.40. The van der Waals surface area contributed by atoms with Crippen molar-refractivity contribution in [2.45, 2.75) is 32.4 Å². The van der Waals surface area contributed by atoms with Crippen LogP contribution in [0, 0.1) is 13.8 Å². The fourth-order valence-electron chi connectivity index (χ4n) is 2.85. The van der Waals surface area contributed by atoms with E-state index in [0.717, 1.165) is 11.4 Å². The third kappa shape index (κ3) is 3.37. The van der Waals surface area contributed by atoms with E-state index in [0.29, 0.717) is 26.1 Å². The van der Waals surface area contributed by atoms with Gasteiger partial charge in [-0.05, 0) is 40.4 Å². The quantitative estimate of drug-likeness (QED) is 0.845. The SMILES string of the molecule is Cc1cc(C)n(CC(=O)N2CC[C@@](O)(CN(C)C)C2)n1. The number of aromatic nitrogens is 2. The average Bonchev–Trinajstić information content (AvgIpc) is 2.82. The van der Waals surface area contributed by atoms with E-state index in [9.17, 15) is 9.90 Å². The molecule has 1 aromatic rings. The molecule has 6 nitrogen and oxygen atoms in total. The van der Waals surface area contributed by atoms with E-state index in [4.69, 9.17) is 0 Å². The zero-order valence-electron chi connectivity index (χ0n) is 12.8. The number of carbonyl (C=O) groups excluding carboxylic acids is 1. The molecule has 0 bridgehead atoms. The fourth-order valence-corrected chi connectivity index (χ4v) is 2.85. The molecule has 20 heavy (non-hydrogen) atoms. The van der Waals surface area contributed by atoms with E-state index < -0.39 is 5.60 Å². The lowest BCUT2D eigenvalue weighted by atomic mass is 10.0. The highest BCUT2D eigenvalue weighted by molar-refractivity contribution is 5.76. The predicted octanol–water partition coefficient (Wildman–Crippen LogP) is 0.0249. The van der Waals surface area contributed by atoms with Crippen LogP contribution in [0.5, 0.6) is 0 Å². The number of hydrogen-bond donors (Lipinski definition) is 1. The molecule has 0 aromatic carbocycles. The van der Waals surface area contributed by atoms with Gasteiger partial charge in [-0.15, -0.1) is 0 Å². The van der Waals surface area contributed by atoms with Gasteiger partial charge in [0.05, 0.1) is 17.8 Å². The summed E-state index contributed by atoms with van der Waals surface area (Å²) in [6.45, 7) is 5.71. The summed E-state index contributed by atoms with van der Waals surface area (Å²) >= 11 is 0. The van der Waals surface area contributed by atoms with Gasteiger partial charge in [-0.1, -0.05) is 0 Å². The normalized spacial score (nSPS) is 22.8. The number of carbonyl (C=O) groups is 1. The number of β-amino-alcohol motifs (C(OH)–C–C–N with tert-alkyl or cyclic N) is 1. The molecule has 0 radical (unpaired) electrons. The minimum absolute atomic E-state index is 0.0193. The monoisotopic (exact) mass is 280 g/mol.